The summed E-state index contributed by atoms with van der Waals surface area (Å²) in [5.74, 6) is 0. The van der Waals surface area contributed by atoms with E-state index in [0.717, 1.165) is 28.4 Å². The average molecular weight is 409 g/mol. The van der Waals surface area contributed by atoms with E-state index in [1.807, 2.05) is 30.1 Å². The molecule has 5 heteroatoms. The second-order valence-corrected chi connectivity index (χ2v) is 7.36. The average Bonchev–Trinajstić information content (AvgIpc) is 2.81. The first-order chi connectivity index (χ1) is 15.0. The van der Waals surface area contributed by atoms with Crippen LogP contribution in [0.4, 0.5) is 34.1 Å². The van der Waals surface area contributed by atoms with Gasteiger partial charge in [0, 0.05) is 47.6 Å². The number of nitrogens with zero attached hydrogens (tertiary/aromatic N) is 3. The van der Waals surface area contributed by atoms with Gasteiger partial charge in [-0.25, -0.2) is 0 Å². The van der Waals surface area contributed by atoms with Gasteiger partial charge in [0.2, 0.25) is 0 Å². The van der Waals surface area contributed by atoms with Gasteiger partial charge >= 0.3 is 0 Å². The monoisotopic (exact) mass is 409 g/mol. The molecule has 31 heavy (non-hydrogen) atoms. The Balaban J connectivity index is 1.65. The molecule has 0 aliphatic heterocycles. The summed E-state index contributed by atoms with van der Waals surface area (Å²) in [6.45, 7) is 2.08. The predicted molar refractivity (Wildman–Crippen MR) is 127 cm³/mol. The van der Waals surface area contributed by atoms with E-state index in [1.165, 1.54) is 17.7 Å². The molecule has 0 aliphatic rings. The van der Waals surface area contributed by atoms with E-state index in [1.54, 1.807) is 12.1 Å². The van der Waals surface area contributed by atoms with Gasteiger partial charge in [-0.3, -0.25) is 10.1 Å². The summed E-state index contributed by atoms with van der Waals surface area (Å²) in [6.07, 6.45) is 0. The molecule has 0 radical (unpaired) electrons. The SMILES string of the molecule is Cc1ccc(N(c2ccccc2)c2ccc(N(C)c3ccc([N+](=O)[O-])cc3)cc2)cc1. The van der Waals surface area contributed by atoms with Crippen molar-refractivity contribution in [3.63, 3.8) is 0 Å². The fourth-order valence-corrected chi connectivity index (χ4v) is 3.49. The van der Waals surface area contributed by atoms with E-state index in [2.05, 4.69) is 72.5 Å². The van der Waals surface area contributed by atoms with Crippen LogP contribution in [0.15, 0.2) is 103 Å². The molecular formula is C26H23N3O2. The summed E-state index contributed by atoms with van der Waals surface area (Å²) in [6, 6.07) is 33.6. The second-order valence-electron chi connectivity index (χ2n) is 7.36. The van der Waals surface area contributed by atoms with Crippen LogP contribution in [0.1, 0.15) is 5.56 Å². The lowest BCUT2D eigenvalue weighted by atomic mass is 10.1. The van der Waals surface area contributed by atoms with Crippen LogP contribution < -0.4 is 9.80 Å². The van der Waals surface area contributed by atoms with Crippen LogP contribution in [0.25, 0.3) is 0 Å². The number of hydrogen-bond donors (Lipinski definition) is 0. The number of nitro benzene ring substituents is 1. The Bertz CT molecular complexity index is 1160. The molecule has 4 rings (SSSR count). The highest BCUT2D eigenvalue weighted by molar-refractivity contribution is 5.78. The van der Waals surface area contributed by atoms with Gasteiger partial charge in [-0.1, -0.05) is 35.9 Å². The molecule has 0 unspecified atom stereocenters. The van der Waals surface area contributed by atoms with Crippen LogP contribution in [-0.2, 0) is 0 Å². The lowest BCUT2D eigenvalue weighted by Crippen LogP contribution is -2.12. The van der Waals surface area contributed by atoms with Crippen LogP contribution in [0, 0.1) is 17.0 Å². The second kappa shape index (κ2) is 8.71. The van der Waals surface area contributed by atoms with E-state index in [4.69, 9.17) is 0 Å². The highest BCUT2D eigenvalue weighted by Crippen LogP contribution is 2.36. The zero-order valence-corrected chi connectivity index (χ0v) is 17.5. The maximum atomic E-state index is 10.9. The van der Waals surface area contributed by atoms with Gasteiger partial charge in [0.15, 0.2) is 0 Å². The quantitative estimate of drug-likeness (QED) is 0.251. The third kappa shape index (κ3) is 4.41. The van der Waals surface area contributed by atoms with Gasteiger partial charge in [-0.15, -0.1) is 0 Å². The first kappa shape index (κ1) is 20.2. The number of benzene rings is 4. The lowest BCUT2D eigenvalue weighted by Gasteiger charge is -2.26. The number of aryl methyl sites for hydroxylation is 1. The Hall–Kier alpha value is -4.12. The van der Waals surface area contributed by atoms with Crippen molar-refractivity contribution in [2.75, 3.05) is 16.8 Å². The van der Waals surface area contributed by atoms with E-state index in [9.17, 15) is 10.1 Å². The molecule has 0 saturated carbocycles. The van der Waals surface area contributed by atoms with E-state index < -0.39 is 0 Å². The highest BCUT2D eigenvalue weighted by Gasteiger charge is 2.13. The molecule has 0 saturated heterocycles. The van der Waals surface area contributed by atoms with Crippen molar-refractivity contribution in [1.29, 1.82) is 0 Å². The summed E-state index contributed by atoms with van der Waals surface area (Å²) in [4.78, 5) is 14.7. The highest BCUT2D eigenvalue weighted by atomic mass is 16.6. The fraction of sp³-hybridized carbons (Fsp3) is 0.0769. The molecule has 0 aliphatic carbocycles. The Morgan fingerprint density at radius 2 is 1.03 bits per heavy atom. The first-order valence-electron chi connectivity index (χ1n) is 10.0. The maximum Gasteiger partial charge on any atom is 0.269 e. The molecule has 0 fully saturated rings. The van der Waals surface area contributed by atoms with Crippen molar-refractivity contribution in [1.82, 2.24) is 0 Å². The van der Waals surface area contributed by atoms with Gasteiger partial charge in [0.1, 0.15) is 0 Å². The van der Waals surface area contributed by atoms with Gasteiger partial charge < -0.3 is 9.80 Å². The van der Waals surface area contributed by atoms with E-state index >= 15 is 0 Å². The zero-order chi connectivity index (χ0) is 21.8. The molecule has 5 nitrogen and oxygen atoms in total. The third-order valence-corrected chi connectivity index (χ3v) is 5.25. The lowest BCUT2D eigenvalue weighted by molar-refractivity contribution is -0.384. The van der Waals surface area contributed by atoms with Gasteiger partial charge in [-0.05, 0) is 67.6 Å². The first-order valence-corrected chi connectivity index (χ1v) is 10.0. The maximum absolute atomic E-state index is 10.9. The molecule has 154 valence electrons. The van der Waals surface area contributed by atoms with Crippen molar-refractivity contribution in [3.05, 3.63) is 119 Å². The summed E-state index contributed by atoms with van der Waals surface area (Å²) in [7, 11) is 1.95. The molecule has 0 heterocycles. The summed E-state index contributed by atoms with van der Waals surface area (Å²) in [5.41, 5.74) is 6.42. The molecule has 0 aromatic heterocycles. The Kier molecular flexibility index (Phi) is 5.67. The number of rotatable bonds is 6. The summed E-state index contributed by atoms with van der Waals surface area (Å²) < 4.78 is 0. The molecule has 0 amide bonds. The summed E-state index contributed by atoms with van der Waals surface area (Å²) >= 11 is 0. The number of para-hydroxylation sites is 1. The van der Waals surface area contributed by atoms with Crippen molar-refractivity contribution >= 4 is 34.1 Å². The standard InChI is InChI=1S/C26H23N3O2/c1-20-8-10-24(11-9-20)28(23-6-4-3-5-7-23)25-16-12-21(13-17-25)27(2)22-14-18-26(19-15-22)29(30)31/h3-19H,1-2H3. The van der Waals surface area contributed by atoms with Gasteiger partial charge in [-0.2, -0.15) is 0 Å². The third-order valence-electron chi connectivity index (χ3n) is 5.25. The van der Waals surface area contributed by atoms with Crippen molar-refractivity contribution in [3.8, 4) is 0 Å². The van der Waals surface area contributed by atoms with Crippen LogP contribution in [0.3, 0.4) is 0 Å². The van der Waals surface area contributed by atoms with Gasteiger partial charge in [0.25, 0.3) is 5.69 Å². The number of nitro groups is 1. The molecule has 4 aromatic carbocycles. The van der Waals surface area contributed by atoms with Crippen LogP contribution in [-0.4, -0.2) is 12.0 Å². The Morgan fingerprint density at radius 3 is 1.55 bits per heavy atom. The van der Waals surface area contributed by atoms with Gasteiger partial charge in [0.05, 0.1) is 4.92 Å². The van der Waals surface area contributed by atoms with Crippen LogP contribution in [0.5, 0.6) is 0 Å². The smallest absolute Gasteiger partial charge is 0.269 e. The molecule has 0 atom stereocenters. The van der Waals surface area contributed by atoms with E-state index in [0.29, 0.717) is 0 Å². The summed E-state index contributed by atoms with van der Waals surface area (Å²) in [5, 5.41) is 10.9. The molecule has 0 N–H and O–H groups in total. The normalized spacial score (nSPS) is 10.5. The van der Waals surface area contributed by atoms with Crippen molar-refractivity contribution < 1.29 is 4.92 Å². The largest absolute Gasteiger partial charge is 0.345 e. The van der Waals surface area contributed by atoms with Crippen LogP contribution >= 0.6 is 0 Å². The number of anilines is 5. The van der Waals surface area contributed by atoms with Crippen molar-refractivity contribution in [2.45, 2.75) is 6.92 Å². The predicted octanol–water partition coefficient (Wildman–Crippen LogP) is 7.14. The number of hydrogen-bond acceptors (Lipinski definition) is 4. The molecular weight excluding hydrogens is 386 g/mol. The molecule has 4 aromatic rings. The Morgan fingerprint density at radius 1 is 0.613 bits per heavy atom. The van der Waals surface area contributed by atoms with Crippen molar-refractivity contribution in [2.24, 2.45) is 0 Å². The minimum Gasteiger partial charge on any atom is -0.345 e. The Labute approximate surface area is 182 Å². The zero-order valence-electron chi connectivity index (χ0n) is 17.5. The van der Waals surface area contributed by atoms with Crippen LogP contribution in [0.2, 0.25) is 0 Å². The minimum atomic E-state index is -0.387. The topological polar surface area (TPSA) is 49.6 Å². The molecule has 0 bridgehead atoms. The molecule has 0 spiro atoms. The van der Waals surface area contributed by atoms with E-state index in [-0.39, 0.29) is 10.6 Å². The minimum absolute atomic E-state index is 0.0871. The fourth-order valence-electron chi connectivity index (χ4n) is 3.49. The number of non-ortho nitro benzene ring substituents is 1.